The number of hydrogen-bond donors (Lipinski definition) is 0. The Hall–Kier alpha value is -1.36. The standard InChI is InChI=1S/C13H18NO5P/c1-9(2)18-20(16,19-10(3)4)14-11-7-5-6-8-12(11)17-13(14)15/h5-10H,1-4H3. The second-order valence-electron chi connectivity index (χ2n) is 4.92. The van der Waals surface area contributed by atoms with Gasteiger partial charge in [0.05, 0.1) is 12.2 Å². The van der Waals surface area contributed by atoms with Gasteiger partial charge in [-0.25, -0.2) is 9.36 Å². The second-order valence-corrected chi connectivity index (χ2v) is 6.68. The van der Waals surface area contributed by atoms with E-state index in [-0.39, 0.29) is 12.2 Å². The highest BCUT2D eigenvalue weighted by atomic mass is 31.2. The molecule has 0 spiro atoms. The smallest absolute Gasteiger partial charge is 0.407 e. The lowest BCUT2D eigenvalue weighted by atomic mass is 10.3. The first-order valence-corrected chi connectivity index (χ1v) is 7.91. The zero-order chi connectivity index (χ0) is 14.9. The van der Waals surface area contributed by atoms with Crippen molar-refractivity contribution in [3.8, 4) is 0 Å². The highest BCUT2D eigenvalue weighted by Gasteiger charge is 2.35. The van der Waals surface area contributed by atoms with Crippen LogP contribution < -0.4 is 5.76 Å². The molecule has 0 atom stereocenters. The fourth-order valence-corrected chi connectivity index (χ4v) is 3.81. The van der Waals surface area contributed by atoms with Crippen LogP contribution in [0.15, 0.2) is 33.5 Å². The van der Waals surface area contributed by atoms with E-state index in [1.165, 1.54) is 0 Å². The monoisotopic (exact) mass is 299 g/mol. The normalized spacial score (nSPS) is 12.7. The van der Waals surface area contributed by atoms with Crippen molar-refractivity contribution in [2.45, 2.75) is 39.9 Å². The van der Waals surface area contributed by atoms with Gasteiger partial charge in [-0.1, -0.05) is 12.1 Å². The summed E-state index contributed by atoms with van der Waals surface area (Å²) in [5.74, 6) is -0.754. The van der Waals surface area contributed by atoms with Gasteiger partial charge in [0.25, 0.3) is 0 Å². The summed E-state index contributed by atoms with van der Waals surface area (Å²) in [4.78, 5) is 12.0. The maximum Gasteiger partial charge on any atom is 0.445 e. The molecule has 7 heteroatoms. The number of para-hydroxylation sites is 2. The molecule has 0 aliphatic carbocycles. The molecule has 0 fully saturated rings. The van der Waals surface area contributed by atoms with E-state index in [0.717, 1.165) is 4.34 Å². The molecule has 110 valence electrons. The van der Waals surface area contributed by atoms with Crippen LogP contribution >= 0.6 is 7.75 Å². The molecule has 0 aliphatic heterocycles. The van der Waals surface area contributed by atoms with Crippen LogP contribution in [0.5, 0.6) is 0 Å². The third-order valence-corrected chi connectivity index (χ3v) is 4.64. The molecule has 2 rings (SSSR count). The molecule has 2 aromatic rings. The van der Waals surface area contributed by atoms with E-state index in [0.29, 0.717) is 11.1 Å². The minimum absolute atomic E-state index is 0.345. The van der Waals surface area contributed by atoms with Crippen molar-refractivity contribution in [1.82, 2.24) is 4.34 Å². The Morgan fingerprint density at radius 2 is 1.65 bits per heavy atom. The van der Waals surface area contributed by atoms with E-state index in [2.05, 4.69) is 0 Å². The van der Waals surface area contributed by atoms with E-state index in [1.54, 1.807) is 52.0 Å². The Labute approximate surface area is 116 Å². The van der Waals surface area contributed by atoms with Crippen molar-refractivity contribution in [2.75, 3.05) is 0 Å². The van der Waals surface area contributed by atoms with Gasteiger partial charge in [0.15, 0.2) is 5.58 Å². The van der Waals surface area contributed by atoms with Crippen molar-refractivity contribution < 1.29 is 18.0 Å². The molecule has 0 saturated heterocycles. The number of benzene rings is 1. The number of nitrogens with zero attached hydrogens (tertiary/aromatic N) is 1. The van der Waals surface area contributed by atoms with Gasteiger partial charge in [-0.2, -0.15) is 4.34 Å². The Morgan fingerprint density at radius 1 is 1.10 bits per heavy atom. The molecule has 0 saturated carbocycles. The summed E-state index contributed by atoms with van der Waals surface area (Å²) in [6, 6.07) is 6.72. The number of rotatable bonds is 5. The fraction of sp³-hybridized carbons (Fsp3) is 0.462. The molecule has 0 aliphatic rings. The molecular formula is C13H18NO5P. The van der Waals surface area contributed by atoms with Crippen molar-refractivity contribution in [3.63, 3.8) is 0 Å². The molecular weight excluding hydrogens is 281 g/mol. The molecule has 1 heterocycles. The average Bonchev–Trinajstić information content (AvgIpc) is 2.62. The van der Waals surface area contributed by atoms with Gasteiger partial charge < -0.3 is 4.42 Å². The summed E-state index contributed by atoms with van der Waals surface area (Å²) in [6.45, 7) is 6.90. The minimum Gasteiger partial charge on any atom is -0.407 e. The van der Waals surface area contributed by atoms with Gasteiger partial charge >= 0.3 is 13.5 Å². The predicted octanol–water partition coefficient (Wildman–Crippen LogP) is 3.40. The molecule has 1 aromatic heterocycles. The van der Waals surface area contributed by atoms with Crippen LogP contribution in [0.3, 0.4) is 0 Å². The summed E-state index contributed by atoms with van der Waals surface area (Å²) in [5.41, 5.74) is 0.736. The van der Waals surface area contributed by atoms with Gasteiger partial charge in [-0.3, -0.25) is 9.05 Å². The molecule has 20 heavy (non-hydrogen) atoms. The predicted molar refractivity (Wildman–Crippen MR) is 75.9 cm³/mol. The fourth-order valence-electron chi connectivity index (χ4n) is 1.84. The molecule has 0 unspecified atom stereocenters. The Kier molecular flexibility index (Phi) is 4.18. The number of oxazole rings is 1. The quantitative estimate of drug-likeness (QED) is 0.791. The molecule has 0 N–H and O–H groups in total. The zero-order valence-corrected chi connectivity index (χ0v) is 12.8. The van der Waals surface area contributed by atoms with Crippen LogP contribution in [0, 0.1) is 0 Å². The Morgan fingerprint density at radius 3 is 2.20 bits per heavy atom. The lowest BCUT2D eigenvalue weighted by Crippen LogP contribution is -2.20. The van der Waals surface area contributed by atoms with Gasteiger partial charge in [0, 0.05) is 0 Å². The van der Waals surface area contributed by atoms with Crippen LogP contribution in [0.1, 0.15) is 27.7 Å². The lowest BCUT2D eigenvalue weighted by molar-refractivity contribution is 0.136. The SMILES string of the molecule is CC(C)OP(=O)(OC(C)C)n1c(=O)oc2ccccc21. The number of hydrogen-bond acceptors (Lipinski definition) is 5. The first-order valence-electron chi connectivity index (χ1n) is 6.42. The largest absolute Gasteiger partial charge is 0.445 e. The molecule has 0 amide bonds. The first kappa shape index (κ1) is 15.0. The highest BCUT2D eigenvalue weighted by Crippen LogP contribution is 2.52. The van der Waals surface area contributed by atoms with Gasteiger partial charge in [0.1, 0.15) is 5.52 Å². The maximum absolute atomic E-state index is 13.0. The second kappa shape index (κ2) is 5.56. The third-order valence-electron chi connectivity index (χ3n) is 2.40. The van der Waals surface area contributed by atoms with Crippen LogP contribution in [0.2, 0.25) is 0 Å². The molecule has 0 bridgehead atoms. The first-order chi connectivity index (χ1) is 9.33. The zero-order valence-electron chi connectivity index (χ0n) is 11.9. The van der Waals surface area contributed by atoms with Gasteiger partial charge in [0.2, 0.25) is 0 Å². The summed E-state index contributed by atoms with van der Waals surface area (Å²) in [7, 11) is -3.81. The van der Waals surface area contributed by atoms with E-state index >= 15 is 0 Å². The molecule has 6 nitrogen and oxygen atoms in total. The molecule has 1 aromatic carbocycles. The lowest BCUT2D eigenvalue weighted by Gasteiger charge is -2.22. The van der Waals surface area contributed by atoms with Crippen molar-refractivity contribution in [1.29, 1.82) is 0 Å². The summed E-state index contributed by atoms with van der Waals surface area (Å²) < 4.78 is 29.9. The van der Waals surface area contributed by atoms with Crippen LogP contribution in [0.25, 0.3) is 11.1 Å². The van der Waals surface area contributed by atoms with E-state index in [1.807, 2.05) is 0 Å². The summed E-state index contributed by atoms with van der Waals surface area (Å²) in [6.07, 6.45) is -0.722. The number of fused-ring (bicyclic) bond motifs is 1. The van der Waals surface area contributed by atoms with Gasteiger partial charge in [-0.15, -0.1) is 0 Å². The number of aromatic nitrogens is 1. The Bertz CT molecular complexity index is 686. The van der Waals surface area contributed by atoms with Crippen molar-refractivity contribution in [2.24, 2.45) is 0 Å². The van der Waals surface area contributed by atoms with E-state index in [4.69, 9.17) is 13.5 Å². The van der Waals surface area contributed by atoms with Crippen LogP contribution in [-0.2, 0) is 13.6 Å². The average molecular weight is 299 g/mol. The van der Waals surface area contributed by atoms with Crippen molar-refractivity contribution in [3.05, 3.63) is 34.8 Å². The van der Waals surface area contributed by atoms with E-state index in [9.17, 15) is 9.36 Å². The van der Waals surface area contributed by atoms with Crippen LogP contribution in [0.4, 0.5) is 0 Å². The topological polar surface area (TPSA) is 70.7 Å². The van der Waals surface area contributed by atoms with Crippen LogP contribution in [-0.4, -0.2) is 16.5 Å². The summed E-state index contributed by atoms with van der Waals surface area (Å²) >= 11 is 0. The maximum atomic E-state index is 13.0. The summed E-state index contributed by atoms with van der Waals surface area (Å²) in [5, 5.41) is 0. The minimum atomic E-state index is -3.81. The molecule has 0 radical (unpaired) electrons. The Balaban J connectivity index is 2.65. The third kappa shape index (κ3) is 2.87. The van der Waals surface area contributed by atoms with Gasteiger partial charge in [-0.05, 0) is 39.8 Å². The highest BCUT2D eigenvalue weighted by molar-refractivity contribution is 7.52. The van der Waals surface area contributed by atoms with E-state index < -0.39 is 13.5 Å². The van der Waals surface area contributed by atoms with Crippen molar-refractivity contribution >= 4 is 18.8 Å².